The molecule has 2 nitrogen and oxygen atoms in total. The molecule has 17 heavy (non-hydrogen) atoms. The monoisotopic (exact) mass is 230 g/mol. The SMILES string of the molecule is CC1=[NH+][C@@]2(C)CCCC[C@@H]2C12C=CC(=O)C=C2. The van der Waals surface area contributed by atoms with Crippen molar-refractivity contribution in [1.82, 2.24) is 0 Å². The van der Waals surface area contributed by atoms with E-state index in [1.165, 1.54) is 31.4 Å². The second kappa shape index (κ2) is 3.41. The van der Waals surface area contributed by atoms with Crippen LogP contribution >= 0.6 is 0 Å². The molecule has 1 spiro atoms. The van der Waals surface area contributed by atoms with Crippen molar-refractivity contribution in [2.45, 2.75) is 45.1 Å². The van der Waals surface area contributed by atoms with Gasteiger partial charge in [0, 0.05) is 26.2 Å². The highest BCUT2D eigenvalue weighted by atomic mass is 16.1. The van der Waals surface area contributed by atoms with E-state index in [9.17, 15) is 4.79 Å². The molecule has 0 radical (unpaired) electrons. The summed E-state index contributed by atoms with van der Waals surface area (Å²) in [6, 6.07) is 0. The zero-order valence-corrected chi connectivity index (χ0v) is 10.6. The third-order valence-electron chi connectivity index (χ3n) is 4.95. The second-order valence-corrected chi connectivity index (χ2v) is 5.97. The molecule has 0 aromatic rings. The van der Waals surface area contributed by atoms with Gasteiger partial charge in [-0.3, -0.25) is 4.79 Å². The summed E-state index contributed by atoms with van der Waals surface area (Å²) in [6.45, 7) is 4.52. The normalized spacial score (nSPS) is 38.4. The maximum atomic E-state index is 11.3. The Kier molecular flexibility index (Phi) is 2.19. The highest BCUT2D eigenvalue weighted by molar-refractivity contribution is 6.03. The minimum absolute atomic E-state index is 0.0108. The van der Waals surface area contributed by atoms with Gasteiger partial charge in [-0.1, -0.05) is 18.6 Å². The van der Waals surface area contributed by atoms with Crippen molar-refractivity contribution in [1.29, 1.82) is 0 Å². The lowest BCUT2D eigenvalue weighted by Gasteiger charge is -2.37. The van der Waals surface area contributed by atoms with E-state index in [4.69, 9.17) is 0 Å². The molecule has 2 atom stereocenters. The Morgan fingerprint density at radius 2 is 2.00 bits per heavy atom. The van der Waals surface area contributed by atoms with Crippen molar-refractivity contribution in [3.8, 4) is 0 Å². The van der Waals surface area contributed by atoms with Gasteiger partial charge in [-0.2, -0.15) is 0 Å². The van der Waals surface area contributed by atoms with Gasteiger partial charge in [0.05, 0.1) is 5.41 Å². The lowest BCUT2D eigenvalue weighted by molar-refractivity contribution is -0.552. The van der Waals surface area contributed by atoms with Gasteiger partial charge in [-0.25, -0.2) is 4.99 Å². The molecule has 2 heteroatoms. The fourth-order valence-electron chi connectivity index (χ4n) is 4.08. The fourth-order valence-corrected chi connectivity index (χ4v) is 4.08. The van der Waals surface area contributed by atoms with E-state index in [-0.39, 0.29) is 16.7 Å². The Morgan fingerprint density at radius 1 is 1.29 bits per heavy atom. The summed E-state index contributed by atoms with van der Waals surface area (Å²) in [5, 5.41) is 0. The van der Waals surface area contributed by atoms with Crippen molar-refractivity contribution < 1.29 is 9.79 Å². The largest absolute Gasteiger partial charge is 0.290 e. The summed E-state index contributed by atoms with van der Waals surface area (Å²) in [7, 11) is 0. The highest BCUT2D eigenvalue weighted by Gasteiger charge is 2.59. The summed E-state index contributed by atoms with van der Waals surface area (Å²) >= 11 is 0. The smallest absolute Gasteiger partial charge is 0.178 e. The lowest BCUT2D eigenvalue weighted by Crippen LogP contribution is -2.84. The van der Waals surface area contributed by atoms with Crippen LogP contribution in [0.3, 0.4) is 0 Å². The third-order valence-corrected chi connectivity index (χ3v) is 4.95. The van der Waals surface area contributed by atoms with E-state index < -0.39 is 0 Å². The van der Waals surface area contributed by atoms with Gasteiger partial charge >= 0.3 is 0 Å². The molecule has 3 aliphatic rings. The molecule has 0 unspecified atom stereocenters. The number of hydrogen-bond donors (Lipinski definition) is 1. The average molecular weight is 230 g/mol. The first kappa shape index (κ1) is 10.9. The summed E-state index contributed by atoms with van der Waals surface area (Å²) < 4.78 is 0. The molecule has 0 saturated heterocycles. The Hall–Kier alpha value is -1.18. The molecule has 0 aromatic heterocycles. The van der Waals surface area contributed by atoms with Crippen molar-refractivity contribution in [3.05, 3.63) is 24.3 Å². The average Bonchev–Trinajstić information content (AvgIpc) is 2.51. The van der Waals surface area contributed by atoms with Gasteiger partial charge < -0.3 is 0 Å². The molecule has 1 heterocycles. The first-order valence-corrected chi connectivity index (χ1v) is 6.61. The summed E-state index contributed by atoms with van der Waals surface area (Å²) in [6.07, 6.45) is 12.9. The van der Waals surface area contributed by atoms with Crippen LogP contribution < -0.4 is 4.99 Å². The van der Waals surface area contributed by atoms with E-state index in [0.717, 1.165) is 0 Å². The maximum Gasteiger partial charge on any atom is 0.178 e. The standard InChI is InChI=1S/C15H19NO/c1-11-15(9-6-12(17)7-10-15)13-5-3-4-8-14(13,2)16-11/h6-7,9-10,13H,3-5,8H2,1-2H3/p+1/t13-,14-/m0/s1. The van der Waals surface area contributed by atoms with Gasteiger partial charge in [-0.15, -0.1) is 0 Å². The highest BCUT2D eigenvalue weighted by Crippen LogP contribution is 2.48. The number of carbonyl (C=O) groups excluding carboxylic acids is 1. The molecule has 2 aliphatic carbocycles. The topological polar surface area (TPSA) is 31.0 Å². The molecular weight excluding hydrogens is 210 g/mol. The van der Waals surface area contributed by atoms with Crippen molar-refractivity contribution in [2.24, 2.45) is 11.3 Å². The first-order chi connectivity index (χ1) is 8.07. The van der Waals surface area contributed by atoms with Crippen LogP contribution in [0.15, 0.2) is 24.3 Å². The Balaban J connectivity index is 2.07. The molecule has 0 amide bonds. The number of carbonyl (C=O) groups is 1. The van der Waals surface area contributed by atoms with Crippen molar-refractivity contribution >= 4 is 11.5 Å². The molecule has 0 bridgehead atoms. The number of fused-ring (bicyclic) bond motifs is 2. The van der Waals surface area contributed by atoms with Crippen LogP contribution in [0.5, 0.6) is 0 Å². The molecule has 1 fully saturated rings. The van der Waals surface area contributed by atoms with Crippen LogP contribution in [0.4, 0.5) is 0 Å². The zero-order chi connectivity index (χ0) is 12.1. The minimum atomic E-state index is -0.0108. The van der Waals surface area contributed by atoms with Crippen LogP contribution in [0.2, 0.25) is 0 Å². The number of ketones is 1. The molecular formula is C15H20NO+. The van der Waals surface area contributed by atoms with Crippen LogP contribution in [-0.2, 0) is 4.79 Å². The predicted molar refractivity (Wildman–Crippen MR) is 67.7 cm³/mol. The molecule has 0 aromatic carbocycles. The Morgan fingerprint density at radius 3 is 2.71 bits per heavy atom. The molecule has 1 aliphatic heterocycles. The van der Waals surface area contributed by atoms with Crippen LogP contribution in [0.1, 0.15) is 39.5 Å². The third kappa shape index (κ3) is 1.39. The van der Waals surface area contributed by atoms with Gasteiger partial charge in [0.1, 0.15) is 0 Å². The second-order valence-electron chi connectivity index (χ2n) is 5.97. The summed E-state index contributed by atoms with van der Waals surface area (Å²) in [5.74, 6) is 0.720. The maximum absolute atomic E-state index is 11.3. The molecule has 90 valence electrons. The summed E-state index contributed by atoms with van der Waals surface area (Å²) in [5.41, 5.74) is 1.52. The number of allylic oxidation sites excluding steroid dienone is 4. The predicted octanol–water partition coefficient (Wildman–Crippen LogP) is 1.17. The molecule has 1 saturated carbocycles. The van der Waals surface area contributed by atoms with Crippen LogP contribution in [0.25, 0.3) is 0 Å². The quantitative estimate of drug-likeness (QED) is 0.665. The van der Waals surface area contributed by atoms with Crippen LogP contribution in [-0.4, -0.2) is 17.0 Å². The first-order valence-electron chi connectivity index (χ1n) is 6.61. The van der Waals surface area contributed by atoms with Gasteiger partial charge in [-0.05, 0) is 25.0 Å². The Bertz CT molecular complexity index is 442. The van der Waals surface area contributed by atoms with E-state index >= 15 is 0 Å². The fraction of sp³-hybridized carbons (Fsp3) is 0.600. The summed E-state index contributed by atoms with van der Waals surface area (Å²) in [4.78, 5) is 15.1. The number of hydrogen-bond acceptors (Lipinski definition) is 1. The molecule has 3 rings (SSSR count). The molecule has 1 N–H and O–H groups in total. The minimum Gasteiger partial charge on any atom is -0.290 e. The van der Waals surface area contributed by atoms with E-state index in [1.807, 2.05) is 0 Å². The van der Waals surface area contributed by atoms with E-state index in [1.54, 1.807) is 12.2 Å². The van der Waals surface area contributed by atoms with Crippen molar-refractivity contribution in [2.75, 3.05) is 0 Å². The number of rotatable bonds is 0. The Labute approximate surface area is 103 Å². The van der Waals surface area contributed by atoms with Gasteiger partial charge in [0.25, 0.3) is 0 Å². The lowest BCUT2D eigenvalue weighted by atomic mass is 9.61. The zero-order valence-electron chi connectivity index (χ0n) is 10.6. The van der Waals surface area contributed by atoms with Gasteiger partial charge in [0.2, 0.25) is 0 Å². The van der Waals surface area contributed by atoms with Crippen LogP contribution in [0, 0.1) is 11.3 Å². The van der Waals surface area contributed by atoms with Gasteiger partial charge in [0.15, 0.2) is 17.0 Å². The van der Waals surface area contributed by atoms with E-state index in [0.29, 0.717) is 5.92 Å². The number of nitrogens with one attached hydrogen (secondary N) is 1. The van der Waals surface area contributed by atoms with E-state index in [2.05, 4.69) is 31.0 Å². The van der Waals surface area contributed by atoms with Crippen molar-refractivity contribution in [3.63, 3.8) is 0 Å².